The number of halogens is 1. The summed E-state index contributed by atoms with van der Waals surface area (Å²) >= 11 is 7.47. The fourth-order valence-corrected chi connectivity index (χ4v) is 5.37. The Morgan fingerprint density at radius 1 is 1.06 bits per heavy atom. The molecule has 0 N–H and O–H groups in total. The van der Waals surface area contributed by atoms with Gasteiger partial charge in [-0.3, -0.25) is 14.2 Å². The van der Waals surface area contributed by atoms with Gasteiger partial charge in [-0.2, -0.15) is 0 Å². The number of hydrogen-bond donors (Lipinski definition) is 0. The van der Waals surface area contributed by atoms with Gasteiger partial charge >= 0.3 is 0 Å². The number of likely N-dealkylation sites (tertiary alicyclic amines) is 1. The summed E-state index contributed by atoms with van der Waals surface area (Å²) in [6.45, 7) is 1.77. The fraction of sp³-hybridized carbons (Fsp3) is 0.200. The first-order valence-corrected chi connectivity index (χ1v) is 11.4. The van der Waals surface area contributed by atoms with Gasteiger partial charge in [0.1, 0.15) is 4.70 Å². The summed E-state index contributed by atoms with van der Waals surface area (Å²) in [5.41, 5.74) is 2.45. The molecule has 0 bridgehead atoms. The largest absolute Gasteiger partial charge is 0.306 e. The van der Waals surface area contributed by atoms with Crippen molar-refractivity contribution < 1.29 is 4.79 Å². The molecule has 2 aromatic heterocycles. The highest BCUT2D eigenvalue weighted by molar-refractivity contribution is 7.22. The molecule has 0 aliphatic carbocycles. The highest BCUT2D eigenvalue weighted by Crippen LogP contribution is 2.32. The lowest BCUT2D eigenvalue weighted by molar-refractivity contribution is 0.0924. The van der Waals surface area contributed by atoms with Gasteiger partial charge in [0.2, 0.25) is 0 Å². The van der Waals surface area contributed by atoms with Crippen LogP contribution >= 0.6 is 22.9 Å². The van der Waals surface area contributed by atoms with Crippen molar-refractivity contribution in [1.82, 2.24) is 9.47 Å². The third-order valence-electron chi connectivity index (χ3n) is 5.90. The SMILES string of the molecule is CN1CCC(C(=O)c2ccc(-n3ccc4cc(-c5ccc(Cl)cc5)sc4c3=O)cc2)C1. The monoisotopic (exact) mass is 448 g/mol. The zero-order valence-electron chi connectivity index (χ0n) is 17.0. The maximum atomic E-state index is 13.2. The molecule has 156 valence electrons. The van der Waals surface area contributed by atoms with Crippen LogP contribution in [0.3, 0.4) is 0 Å². The molecule has 6 heteroatoms. The summed E-state index contributed by atoms with van der Waals surface area (Å²) in [5.74, 6) is 0.247. The summed E-state index contributed by atoms with van der Waals surface area (Å²) in [5, 5.41) is 1.61. The number of ketones is 1. The number of fused-ring (bicyclic) bond motifs is 1. The number of thiophene rings is 1. The van der Waals surface area contributed by atoms with Crippen molar-refractivity contribution in [1.29, 1.82) is 0 Å². The van der Waals surface area contributed by atoms with E-state index in [4.69, 9.17) is 11.6 Å². The molecule has 1 aliphatic heterocycles. The minimum absolute atomic E-state index is 0.0563. The first kappa shape index (κ1) is 20.2. The molecule has 0 spiro atoms. The summed E-state index contributed by atoms with van der Waals surface area (Å²) < 4.78 is 2.35. The highest BCUT2D eigenvalue weighted by Gasteiger charge is 2.26. The van der Waals surface area contributed by atoms with E-state index < -0.39 is 0 Å². The minimum Gasteiger partial charge on any atom is -0.306 e. The van der Waals surface area contributed by atoms with Crippen molar-refractivity contribution in [2.45, 2.75) is 6.42 Å². The normalized spacial score (nSPS) is 16.8. The van der Waals surface area contributed by atoms with Crippen molar-refractivity contribution in [3.63, 3.8) is 0 Å². The second kappa shape index (κ2) is 8.08. The van der Waals surface area contributed by atoms with Crippen molar-refractivity contribution in [3.8, 4) is 16.1 Å². The molecule has 1 aliphatic rings. The van der Waals surface area contributed by atoms with Crippen LogP contribution in [0.15, 0.2) is 71.7 Å². The summed E-state index contributed by atoms with van der Waals surface area (Å²) in [6.07, 6.45) is 2.70. The van der Waals surface area contributed by atoms with Crippen molar-refractivity contribution in [3.05, 3.63) is 87.8 Å². The van der Waals surface area contributed by atoms with E-state index in [1.54, 1.807) is 10.8 Å². The summed E-state index contributed by atoms with van der Waals surface area (Å²) in [7, 11) is 2.04. The summed E-state index contributed by atoms with van der Waals surface area (Å²) in [6, 6.07) is 19.0. The van der Waals surface area contributed by atoms with Crippen LogP contribution in [-0.2, 0) is 0 Å². The third-order valence-corrected chi connectivity index (χ3v) is 7.34. The van der Waals surface area contributed by atoms with Gasteiger partial charge in [-0.25, -0.2) is 0 Å². The Morgan fingerprint density at radius 2 is 1.81 bits per heavy atom. The Hall–Kier alpha value is -2.73. The predicted molar refractivity (Wildman–Crippen MR) is 128 cm³/mol. The molecule has 1 unspecified atom stereocenters. The van der Waals surface area contributed by atoms with Crippen molar-refractivity contribution >= 4 is 38.8 Å². The quantitative estimate of drug-likeness (QED) is 0.387. The fourth-order valence-electron chi connectivity index (χ4n) is 4.16. The van der Waals surface area contributed by atoms with Gasteiger partial charge in [0.25, 0.3) is 5.56 Å². The maximum absolute atomic E-state index is 13.2. The Bertz CT molecular complexity index is 1320. The average molecular weight is 449 g/mol. The molecule has 0 radical (unpaired) electrons. The zero-order valence-corrected chi connectivity index (χ0v) is 18.6. The molecule has 3 heterocycles. The standard InChI is InChI=1S/C25H21ClN2O2S/c1-27-12-10-19(15-27)23(29)17-4-8-21(9-5-17)28-13-11-18-14-22(31-24(18)25(28)30)16-2-6-20(26)7-3-16/h2-9,11,13-14,19H,10,12,15H2,1H3. The molecule has 4 nitrogen and oxygen atoms in total. The Balaban J connectivity index is 1.46. The predicted octanol–water partition coefficient (Wildman–Crippen LogP) is 5.51. The highest BCUT2D eigenvalue weighted by atomic mass is 35.5. The molecule has 5 rings (SSSR count). The van der Waals surface area contributed by atoms with Gasteiger partial charge in [-0.05, 0) is 74.1 Å². The third kappa shape index (κ3) is 3.85. The second-order valence-corrected chi connectivity index (χ2v) is 9.54. The molecule has 2 aromatic carbocycles. The molecule has 1 atom stereocenters. The van der Waals surface area contributed by atoms with Crippen LogP contribution in [0.25, 0.3) is 26.2 Å². The van der Waals surface area contributed by atoms with Gasteiger partial charge < -0.3 is 4.90 Å². The van der Waals surface area contributed by atoms with E-state index in [0.29, 0.717) is 15.3 Å². The van der Waals surface area contributed by atoms with E-state index in [1.807, 2.05) is 67.7 Å². The molecular weight excluding hydrogens is 428 g/mol. The smallest absolute Gasteiger partial charge is 0.273 e. The van der Waals surface area contributed by atoms with E-state index >= 15 is 0 Å². The summed E-state index contributed by atoms with van der Waals surface area (Å²) in [4.78, 5) is 29.1. The van der Waals surface area contributed by atoms with E-state index in [1.165, 1.54) is 11.3 Å². The van der Waals surface area contributed by atoms with Gasteiger partial charge in [0, 0.05) is 45.2 Å². The van der Waals surface area contributed by atoms with Crippen molar-refractivity contribution in [2.24, 2.45) is 5.92 Å². The molecule has 4 aromatic rings. The number of benzene rings is 2. The van der Waals surface area contributed by atoms with E-state index in [9.17, 15) is 9.59 Å². The van der Waals surface area contributed by atoms with E-state index in [2.05, 4.69) is 4.90 Å². The molecule has 0 saturated carbocycles. The molecule has 31 heavy (non-hydrogen) atoms. The van der Waals surface area contributed by atoms with E-state index in [0.717, 1.165) is 41.0 Å². The lowest BCUT2D eigenvalue weighted by atomic mass is 9.97. The number of nitrogens with zero attached hydrogens (tertiary/aromatic N) is 2. The minimum atomic E-state index is -0.0563. The molecule has 0 amide bonds. The van der Waals surface area contributed by atoms with Crippen LogP contribution in [0.4, 0.5) is 0 Å². The topological polar surface area (TPSA) is 42.3 Å². The number of pyridine rings is 1. The van der Waals surface area contributed by atoms with Crippen LogP contribution < -0.4 is 5.56 Å². The first-order chi connectivity index (χ1) is 15.0. The number of aromatic nitrogens is 1. The zero-order chi connectivity index (χ0) is 21.5. The number of carbonyl (C=O) groups excluding carboxylic acids is 1. The van der Waals surface area contributed by atoms with Crippen LogP contribution in [0.2, 0.25) is 5.02 Å². The number of carbonyl (C=O) groups is 1. The van der Waals surface area contributed by atoms with Gasteiger partial charge in [-0.15, -0.1) is 11.3 Å². The lowest BCUT2D eigenvalue weighted by Crippen LogP contribution is -2.20. The first-order valence-electron chi connectivity index (χ1n) is 10.2. The van der Waals surface area contributed by atoms with E-state index in [-0.39, 0.29) is 17.3 Å². The maximum Gasteiger partial charge on any atom is 0.273 e. The molecular formula is C25H21ClN2O2S. The average Bonchev–Trinajstić information content (AvgIpc) is 3.41. The van der Waals surface area contributed by atoms with Crippen LogP contribution in [0, 0.1) is 5.92 Å². The number of Topliss-reactive ketones (excluding diaryl/α,β-unsaturated/α-hetero) is 1. The van der Waals surface area contributed by atoms with Crippen LogP contribution in [0.1, 0.15) is 16.8 Å². The Kier molecular flexibility index (Phi) is 5.26. The molecule has 1 saturated heterocycles. The van der Waals surface area contributed by atoms with Crippen molar-refractivity contribution in [2.75, 3.05) is 20.1 Å². The number of hydrogen-bond acceptors (Lipinski definition) is 4. The van der Waals surface area contributed by atoms with Crippen LogP contribution in [-0.4, -0.2) is 35.4 Å². The lowest BCUT2D eigenvalue weighted by Gasteiger charge is -2.11. The Morgan fingerprint density at radius 3 is 2.48 bits per heavy atom. The van der Waals surface area contributed by atoms with Gasteiger partial charge in [-0.1, -0.05) is 23.7 Å². The second-order valence-electron chi connectivity index (χ2n) is 8.05. The molecule has 1 fully saturated rings. The van der Waals surface area contributed by atoms with Gasteiger partial charge in [0.15, 0.2) is 5.78 Å². The Labute approximate surface area is 189 Å². The number of rotatable bonds is 4. The van der Waals surface area contributed by atoms with Crippen LogP contribution in [0.5, 0.6) is 0 Å². The van der Waals surface area contributed by atoms with Gasteiger partial charge in [0.05, 0.1) is 0 Å².